The molecule has 1 saturated heterocycles. The number of thiocarbonyl (C=S) groups is 1. The van der Waals surface area contributed by atoms with Crippen molar-refractivity contribution in [1.82, 2.24) is 5.32 Å². The standard InChI is InChI=1S/C7H11NO2S/c1-4-3-8-6(11)5(4)7(9)10-2/h4-5H,3H2,1-2H3,(H,8,11). The first kappa shape index (κ1) is 8.46. The molecule has 0 aromatic heterocycles. The molecule has 0 spiro atoms. The molecule has 2 unspecified atom stereocenters. The minimum Gasteiger partial charge on any atom is -0.468 e. The van der Waals surface area contributed by atoms with Crippen LogP contribution >= 0.6 is 12.2 Å². The Balaban J connectivity index is 2.68. The molecule has 0 aromatic carbocycles. The summed E-state index contributed by atoms with van der Waals surface area (Å²) in [4.78, 5) is 11.7. The van der Waals surface area contributed by atoms with Crippen LogP contribution in [0.4, 0.5) is 0 Å². The second-order valence-corrected chi connectivity index (χ2v) is 3.16. The van der Waals surface area contributed by atoms with Crippen molar-refractivity contribution in [2.75, 3.05) is 13.7 Å². The second kappa shape index (κ2) is 3.17. The summed E-state index contributed by atoms with van der Waals surface area (Å²) >= 11 is 4.95. The highest BCUT2D eigenvalue weighted by molar-refractivity contribution is 7.80. The number of carbonyl (C=O) groups is 1. The van der Waals surface area contributed by atoms with Crippen LogP contribution in [-0.2, 0) is 9.53 Å². The summed E-state index contributed by atoms with van der Waals surface area (Å²) in [5, 5.41) is 2.97. The molecule has 3 nitrogen and oxygen atoms in total. The molecule has 1 rings (SSSR count). The molecule has 0 radical (unpaired) electrons. The van der Waals surface area contributed by atoms with E-state index in [0.29, 0.717) is 4.99 Å². The van der Waals surface area contributed by atoms with Gasteiger partial charge in [-0.1, -0.05) is 19.1 Å². The summed E-state index contributed by atoms with van der Waals surface area (Å²) in [5.74, 6) is -0.197. The van der Waals surface area contributed by atoms with Crippen LogP contribution in [0, 0.1) is 11.8 Å². The summed E-state index contributed by atoms with van der Waals surface area (Å²) < 4.78 is 4.61. The monoisotopic (exact) mass is 173 g/mol. The maximum atomic E-state index is 11.1. The molecule has 11 heavy (non-hydrogen) atoms. The molecule has 1 aliphatic rings. The Morgan fingerprint density at radius 3 is 2.82 bits per heavy atom. The number of rotatable bonds is 1. The van der Waals surface area contributed by atoms with E-state index in [4.69, 9.17) is 12.2 Å². The Bertz CT molecular complexity index is 193. The summed E-state index contributed by atoms with van der Waals surface area (Å²) in [6.07, 6.45) is 0. The van der Waals surface area contributed by atoms with Gasteiger partial charge in [0.2, 0.25) is 0 Å². The van der Waals surface area contributed by atoms with E-state index in [9.17, 15) is 4.79 Å². The van der Waals surface area contributed by atoms with Crippen molar-refractivity contribution in [2.24, 2.45) is 11.8 Å². The van der Waals surface area contributed by atoms with Gasteiger partial charge >= 0.3 is 5.97 Å². The first-order valence-corrected chi connectivity index (χ1v) is 3.93. The normalized spacial score (nSPS) is 29.8. The molecule has 62 valence electrons. The maximum absolute atomic E-state index is 11.1. The zero-order valence-electron chi connectivity index (χ0n) is 6.59. The van der Waals surface area contributed by atoms with Crippen molar-refractivity contribution < 1.29 is 9.53 Å². The van der Waals surface area contributed by atoms with E-state index < -0.39 is 0 Å². The van der Waals surface area contributed by atoms with Gasteiger partial charge in [0.25, 0.3) is 0 Å². The zero-order chi connectivity index (χ0) is 8.43. The highest BCUT2D eigenvalue weighted by Gasteiger charge is 2.34. The number of carbonyl (C=O) groups excluding carboxylic acids is 1. The average Bonchev–Trinajstić information content (AvgIpc) is 2.30. The van der Waals surface area contributed by atoms with E-state index in [2.05, 4.69) is 10.1 Å². The SMILES string of the molecule is COC(=O)C1C(=S)NCC1C. The van der Waals surface area contributed by atoms with Gasteiger partial charge in [0, 0.05) is 6.54 Å². The Hall–Kier alpha value is -0.640. The lowest BCUT2D eigenvalue weighted by atomic mass is 9.98. The molecular formula is C7H11NO2S. The average molecular weight is 173 g/mol. The summed E-state index contributed by atoms with van der Waals surface area (Å²) in [5.41, 5.74) is 0. The molecule has 4 heteroatoms. The van der Waals surface area contributed by atoms with Gasteiger partial charge in [0.15, 0.2) is 0 Å². The lowest BCUT2D eigenvalue weighted by Crippen LogP contribution is -2.26. The van der Waals surface area contributed by atoms with Crippen molar-refractivity contribution in [3.63, 3.8) is 0 Å². The van der Waals surface area contributed by atoms with Crippen LogP contribution in [0.25, 0.3) is 0 Å². The third-order valence-corrected chi connectivity index (χ3v) is 2.30. The van der Waals surface area contributed by atoms with Gasteiger partial charge in [-0.2, -0.15) is 0 Å². The van der Waals surface area contributed by atoms with Crippen LogP contribution in [0.5, 0.6) is 0 Å². The van der Waals surface area contributed by atoms with E-state index in [1.807, 2.05) is 6.92 Å². The molecule has 0 bridgehead atoms. The molecule has 2 atom stereocenters. The summed E-state index contributed by atoms with van der Waals surface area (Å²) in [6, 6.07) is 0. The number of esters is 1. The van der Waals surface area contributed by atoms with E-state index in [-0.39, 0.29) is 17.8 Å². The number of nitrogens with one attached hydrogen (secondary N) is 1. The van der Waals surface area contributed by atoms with Gasteiger partial charge in [-0.3, -0.25) is 4.79 Å². The fourth-order valence-corrected chi connectivity index (χ4v) is 1.63. The molecule has 1 heterocycles. The first-order valence-electron chi connectivity index (χ1n) is 3.52. The highest BCUT2D eigenvalue weighted by atomic mass is 32.1. The lowest BCUT2D eigenvalue weighted by Gasteiger charge is -2.09. The fourth-order valence-electron chi connectivity index (χ4n) is 1.21. The third-order valence-electron chi connectivity index (χ3n) is 1.90. The first-order chi connectivity index (χ1) is 5.16. The van der Waals surface area contributed by atoms with E-state index >= 15 is 0 Å². The summed E-state index contributed by atoms with van der Waals surface area (Å²) in [6.45, 7) is 2.76. The van der Waals surface area contributed by atoms with Crippen LogP contribution in [0.2, 0.25) is 0 Å². The predicted octanol–water partition coefficient (Wildman–Crippen LogP) is 0.342. The van der Waals surface area contributed by atoms with Crippen LogP contribution in [-0.4, -0.2) is 24.6 Å². The second-order valence-electron chi connectivity index (χ2n) is 2.72. The minimum absolute atomic E-state index is 0.227. The van der Waals surface area contributed by atoms with Gasteiger partial charge in [0.1, 0.15) is 5.92 Å². The van der Waals surface area contributed by atoms with Gasteiger partial charge in [-0.15, -0.1) is 0 Å². The Kier molecular flexibility index (Phi) is 2.44. The quantitative estimate of drug-likeness (QED) is 0.458. The summed E-state index contributed by atoms with van der Waals surface area (Å²) in [7, 11) is 1.38. The van der Waals surface area contributed by atoms with Crippen LogP contribution in [0.3, 0.4) is 0 Å². The number of methoxy groups -OCH3 is 1. The lowest BCUT2D eigenvalue weighted by molar-refractivity contribution is -0.143. The Morgan fingerprint density at radius 1 is 1.82 bits per heavy atom. The molecule has 0 amide bonds. The van der Waals surface area contributed by atoms with Crippen LogP contribution in [0.1, 0.15) is 6.92 Å². The van der Waals surface area contributed by atoms with Crippen molar-refractivity contribution in [3.05, 3.63) is 0 Å². The van der Waals surface area contributed by atoms with E-state index in [1.54, 1.807) is 0 Å². The molecule has 1 N–H and O–H groups in total. The molecular weight excluding hydrogens is 162 g/mol. The van der Waals surface area contributed by atoms with Crippen molar-refractivity contribution >= 4 is 23.2 Å². The van der Waals surface area contributed by atoms with Gasteiger partial charge in [0.05, 0.1) is 12.1 Å². The van der Waals surface area contributed by atoms with Gasteiger partial charge < -0.3 is 10.1 Å². The maximum Gasteiger partial charge on any atom is 0.315 e. The fraction of sp³-hybridized carbons (Fsp3) is 0.714. The predicted molar refractivity (Wildman–Crippen MR) is 45.3 cm³/mol. The molecule has 0 aromatic rings. The minimum atomic E-state index is -0.229. The molecule has 1 fully saturated rings. The van der Waals surface area contributed by atoms with Crippen molar-refractivity contribution in [3.8, 4) is 0 Å². The zero-order valence-corrected chi connectivity index (χ0v) is 7.40. The number of hydrogen-bond donors (Lipinski definition) is 1. The molecule has 0 aliphatic carbocycles. The van der Waals surface area contributed by atoms with Gasteiger partial charge in [-0.05, 0) is 5.92 Å². The molecule has 0 saturated carbocycles. The number of ether oxygens (including phenoxy) is 1. The molecule has 1 aliphatic heterocycles. The Labute approximate surface area is 71.1 Å². The highest BCUT2D eigenvalue weighted by Crippen LogP contribution is 2.19. The smallest absolute Gasteiger partial charge is 0.315 e. The van der Waals surface area contributed by atoms with Crippen molar-refractivity contribution in [1.29, 1.82) is 0 Å². The van der Waals surface area contributed by atoms with Crippen LogP contribution < -0.4 is 5.32 Å². The Morgan fingerprint density at radius 2 is 2.45 bits per heavy atom. The van der Waals surface area contributed by atoms with Gasteiger partial charge in [-0.25, -0.2) is 0 Å². The van der Waals surface area contributed by atoms with E-state index in [1.165, 1.54) is 7.11 Å². The number of hydrogen-bond acceptors (Lipinski definition) is 3. The van der Waals surface area contributed by atoms with E-state index in [0.717, 1.165) is 6.54 Å². The third kappa shape index (κ3) is 1.50. The largest absolute Gasteiger partial charge is 0.468 e. The topological polar surface area (TPSA) is 38.3 Å². The van der Waals surface area contributed by atoms with Crippen LogP contribution in [0.15, 0.2) is 0 Å². The van der Waals surface area contributed by atoms with Crippen molar-refractivity contribution in [2.45, 2.75) is 6.92 Å².